The predicted octanol–water partition coefficient (Wildman–Crippen LogP) is 2.52. The van der Waals surface area contributed by atoms with Crippen LogP contribution in [0.1, 0.15) is 26.3 Å². The average Bonchev–Trinajstić information content (AvgIpc) is 2.64. The molecule has 3 rings (SSSR count). The first-order chi connectivity index (χ1) is 9.51. The van der Waals surface area contributed by atoms with Crippen molar-refractivity contribution in [2.75, 3.05) is 0 Å². The average molecular weight is 276 g/mol. The Kier molecular flexibility index (Phi) is 3.30. The monoisotopic (exact) mass is 276 g/mol. The van der Waals surface area contributed by atoms with E-state index in [9.17, 15) is 4.79 Å². The van der Waals surface area contributed by atoms with Gasteiger partial charge in [-0.05, 0) is 12.5 Å². The Morgan fingerprint density at radius 3 is 2.65 bits per heavy atom. The molecule has 2 bridgehead atoms. The van der Waals surface area contributed by atoms with Crippen LogP contribution in [0.3, 0.4) is 0 Å². The maximum atomic E-state index is 11.9. The van der Waals surface area contributed by atoms with Gasteiger partial charge in [-0.1, -0.05) is 37.3 Å². The first-order valence-corrected chi connectivity index (χ1v) is 7.07. The van der Waals surface area contributed by atoms with Crippen molar-refractivity contribution in [3.05, 3.63) is 35.9 Å². The number of ether oxygens (including phenoxy) is 3. The Bertz CT molecular complexity index is 500. The lowest BCUT2D eigenvalue weighted by molar-refractivity contribution is -0.273. The number of benzene rings is 1. The molecule has 2 aliphatic heterocycles. The molecule has 20 heavy (non-hydrogen) atoms. The van der Waals surface area contributed by atoms with Gasteiger partial charge in [0, 0.05) is 12.8 Å². The minimum Gasteiger partial charge on any atom is -0.430 e. The van der Waals surface area contributed by atoms with Crippen LogP contribution in [0.2, 0.25) is 0 Å². The molecule has 0 N–H and O–H groups in total. The molecule has 4 nitrogen and oxygen atoms in total. The quantitative estimate of drug-likeness (QED) is 0.796. The Labute approximate surface area is 119 Å². The minimum atomic E-state index is -0.956. The molecule has 0 aliphatic carbocycles. The first kappa shape index (κ1) is 13.6. The van der Waals surface area contributed by atoms with E-state index in [4.69, 9.17) is 14.2 Å². The zero-order valence-electron chi connectivity index (χ0n) is 12.0. The van der Waals surface area contributed by atoms with Gasteiger partial charge in [0.25, 0.3) is 0 Å². The second kappa shape index (κ2) is 4.86. The molecule has 2 fully saturated rings. The third kappa shape index (κ3) is 2.13. The molecule has 2 saturated heterocycles. The third-order valence-corrected chi connectivity index (χ3v) is 4.32. The summed E-state index contributed by atoms with van der Waals surface area (Å²) in [6, 6.07) is 9.97. The topological polar surface area (TPSA) is 44.8 Å². The molecule has 0 saturated carbocycles. The molecular weight excluding hydrogens is 256 g/mol. The lowest BCUT2D eigenvalue weighted by Gasteiger charge is -2.34. The van der Waals surface area contributed by atoms with Gasteiger partial charge in [-0.2, -0.15) is 0 Å². The Balaban J connectivity index is 1.75. The number of carbonyl (C=O) groups is 1. The highest BCUT2D eigenvalue weighted by atomic mass is 16.8. The van der Waals surface area contributed by atoms with Crippen molar-refractivity contribution in [3.63, 3.8) is 0 Å². The second-order valence-corrected chi connectivity index (χ2v) is 5.88. The van der Waals surface area contributed by atoms with E-state index < -0.39 is 5.79 Å². The van der Waals surface area contributed by atoms with Crippen molar-refractivity contribution in [1.82, 2.24) is 0 Å². The van der Waals surface area contributed by atoms with Gasteiger partial charge >= 0.3 is 5.97 Å². The highest BCUT2D eigenvalue weighted by Gasteiger charge is 2.60. The lowest BCUT2D eigenvalue weighted by atomic mass is 9.91. The van der Waals surface area contributed by atoms with Crippen molar-refractivity contribution in [2.45, 2.75) is 45.4 Å². The molecular formula is C16H20O4. The molecule has 0 unspecified atom stereocenters. The molecule has 0 spiro atoms. The van der Waals surface area contributed by atoms with E-state index in [0.29, 0.717) is 6.61 Å². The number of esters is 1. The minimum absolute atomic E-state index is 0.123. The van der Waals surface area contributed by atoms with Crippen LogP contribution in [-0.2, 0) is 25.6 Å². The number of carbonyl (C=O) groups excluding carboxylic acids is 1. The van der Waals surface area contributed by atoms with E-state index in [1.165, 1.54) is 0 Å². The van der Waals surface area contributed by atoms with Crippen LogP contribution in [0, 0.1) is 11.8 Å². The summed E-state index contributed by atoms with van der Waals surface area (Å²) >= 11 is 0. The molecule has 4 heteroatoms. The summed E-state index contributed by atoms with van der Waals surface area (Å²) < 4.78 is 17.4. The van der Waals surface area contributed by atoms with E-state index in [1.54, 1.807) is 6.92 Å². The van der Waals surface area contributed by atoms with Gasteiger partial charge in [0.1, 0.15) is 6.10 Å². The molecule has 2 aliphatic rings. The first-order valence-electron chi connectivity index (χ1n) is 7.07. The van der Waals surface area contributed by atoms with Gasteiger partial charge in [-0.15, -0.1) is 0 Å². The van der Waals surface area contributed by atoms with Gasteiger partial charge in [-0.3, -0.25) is 4.79 Å². The molecule has 0 amide bonds. The number of hydrogen-bond acceptors (Lipinski definition) is 4. The van der Waals surface area contributed by atoms with Gasteiger partial charge in [0.2, 0.25) is 5.79 Å². The molecule has 1 aromatic rings. The van der Waals surface area contributed by atoms with Crippen molar-refractivity contribution >= 4 is 5.97 Å². The van der Waals surface area contributed by atoms with Crippen LogP contribution in [-0.4, -0.2) is 24.0 Å². The summed E-state index contributed by atoms with van der Waals surface area (Å²) in [6.07, 6.45) is -0.358. The summed E-state index contributed by atoms with van der Waals surface area (Å²) in [6.45, 7) is 6.20. The van der Waals surface area contributed by atoms with Crippen molar-refractivity contribution in [3.8, 4) is 0 Å². The van der Waals surface area contributed by atoms with Crippen molar-refractivity contribution in [2.24, 2.45) is 11.8 Å². The zero-order chi connectivity index (χ0) is 14.3. The van der Waals surface area contributed by atoms with Gasteiger partial charge in [0.05, 0.1) is 18.6 Å². The van der Waals surface area contributed by atoms with Crippen LogP contribution < -0.4 is 0 Å². The summed E-state index contributed by atoms with van der Waals surface area (Å²) in [5, 5.41) is 0. The fourth-order valence-electron chi connectivity index (χ4n) is 3.22. The van der Waals surface area contributed by atoms with E-state index >= 15 is 0 Å². The number of rotatable bonds is 3. The maximum absolute atomic E-state index is 11.9. The van der Waals surface area contributed by atoms with E-state index in [0.717, 1.165) is 5.56 Å². The molecule has 1 aromatic carbocycles. The summed E-state index contributed by atoms with van der Waals surface area (Å²) in [4.78, 5) is 11.9. The summed E-state index contributed by atoms with van der Waals surface area (Å²) in [7, 11) is 0. The zero-order valence-corrected chi connectivity index (χ0v) is 12.0. The largest absolute Gasteiger partial charge is 0.430 e. The second-order valence-electron chi connectivity index (χ2n) is 5.88. The van der Waals surface area contributed by atoms with Gasteiger partial charge < -0.3 is 14.2 Å². The lowest BCUT2D eigenvalue weighted by Crippen LogP contribution is -2.47. The van der Waals surface area contributed by atoms with E-state index in [1.807, 2.05) is 37.3 Å². The normalized spacial score (nSPS) is 39.6. The maximum Gasteiger partial charge on any atom is 0.313 e. The van der Waals surface area contributed by atoms with Gasteiger partial charge in [0.15, 0.2) is 0 Å². The smallest absolute Gasteiger partial charge is 0.313 e. The van der Waals surface area contributed by atoms with Crippen LogP contribution in [0.25, 0.3) is 0 Å². The standard InChI is InChI=1S/C16H20O4/c1-10-13-11(2)15(17)20-16(3,19-13)14(10)18-9-12-7-5-4-6-8-12/h4-8,10-11,13-14H,9H2,1-3H3/t10-,11-,13-,14+,16-/m1/s1. The summed E-state index contributed by atoms with van der Waals surface area (Å²) in [5.41, 5.74) is 1.10. The Morgan fingerprint density at radius 2 is 1.95 bits per heavy atom. The van der Waals surface area contributed by atoms with Crippen LogP contribution in [0.15, 0.2) is 30.3 Å². The predicted molar refractivity (Wildman–Crippen MR) is 72.7 cm³/mol. The van der Waals surface area contributed by atoms with Crippen LogP contribution in [0.4, 0.5) is 0 Å². The molecule has 108 valence electrons. The molecule has 5 atom stereocenters. The fraction of sp³-hybridized carbons (Fsp3) is 0.562. The highest BCUT2D eigenvalue weighted by molar-refractivity contribution is 5.74. The molecule has 2 heterocycles. The molecule has 0 radical (unpaired) electrons. The fourth-order valence-corrected chi connectivity index (χ4v) is 3.22. The Morgan fingerprint density at radius 1 is 1.25 bits per heavy atom. The van der Waals surface area contributed by atoms with Crippen molar-refractivity contribution in [1.29, 1.82) is 0 Å². The Hall–Kier alpha value is -1.39. The van der Waals surface area contributed by atoms with Crippen LogP contribution in [0.5, 0.6) is 0 Å². The van der Waals surface area contributed by atoms with Gasteiger partial charge in [-0.25, -0.2) is 0 Å². The van der Waals surface area contributed by atoms with E-state index in [2.05, 4.69) is 6.92 Å². The number of hydrogen-bond donors (Lipinski definition) is 0. The summed E-state index contributed by atoms with van der Waals surface area (Å²) in [5.74, 6) is -1.25. The van der Waals surface area contributed by atoms with Crippen LogP contribution >= 0.6 is 0 Å². The highest BCUT2D eigenvalue weighted by Crippen LogP contribution is 2.45. The SMILES string of the molecule is C[C@@H]1[C@H]2O[C@](C)(OC(=O)[C@@H]2C)[C@H]1OCc1ccccc1. The van der Waals surface area contributed by atoms with E-state index in [-0.39, 0.29) is 30.0 Å². The molecule has 0 aromatic heterocycles. The van der Waals surface area contributed by atoms with Crippen molar-refractivity contribution < 1.29 is 19.0 Å². The third-order valence-electron chi connectivity index (χ3n) is 4.32. The number of fused-ring (bicyclic) bond motifs is 2.